The number of nitrogens with one attached hydrogen (secondary N) is 1. The molecule has 8 nitrogen and oxygen atoms in total. The van der Waals surface area contributed by atoms with E-state index in [1.165, 1.54) is 0 Å². The first-order valence-electron chi connectivity index (χ1n) is 10.7. The quantitative estimate of drug-likeness (QED) is 0.414. The number of benzene rings is 1. The van der Waals surface area contributed by atoms with Crippen LogP contribution in [0.1, 0.15) is 40.5 Å². The summed E-state index contributed by atoms with van der Waals surface area (Å²) in [6.07, 6.45) is 8.26. The zero-order valence-corrected chi connectivity index (χ0v) is 20.1. The monoisotopic (exact) mass is 511 g/mol. The first-order chi connectivity index (χ1) is 16.7. The third-order valence-corrected chi connectivity index (χ3v) is 7.25. The summed E-state index contributed by atoms with van der Waals surface area (Å²) in [5, 5.41) is 2.89. The van der Waals surface area contributed by atoms with Crippen molar-refractivity contribution in [2.45, 2.75) is 30.2 Å². The molecule has 3 heterocycles. The van der Waals surface area contributed by atoms with Crippen LogP contribution in [0.5, 0.6) is 0 Å². The van der Waals surface area contributed by atoms with E-state index in [0.29, 0.717) is 28.5 Å². The van der Waals surface area contributed by atoms with Crippen LogP contribution in [0, 0.1) is 5.82 Å². The van der Waals surface area contributed by atoms with E-state index in [9.17, 15) is 17.6 Å². The average Bonchev–Trinajstić information content (AvgIpc) is 3.68. The van der Waals surface area contributed by atoms with Crippen molar-refractivity contribution in [1.82, 2.24) is 25.3 Å². The lowest BCUT2D eigenvalue weighted by Crippen LogP contribution is -2.24. The van der Waals surface area contributed by atoms with Gasteiger partial charge < -0.3 is 5.32 Å². The van der Waals surface area contributed by atoms with Gasteiger partial charge in [-0.25, -0.2) is 22.8 Å². The Morgan fingerprint density at radius 1 is 1.11 bits per heavy atom. The highest BCUT2D eigenvalue weighted by Crippen LogP contribution is 2.39. The first kappa shape index (κ1) is 23.3. The second kappa shape index (κ2) is 8.94. The Kier molecular flexibility index (Phi) is 5.94. The fourth-order valence-corrected chi connectivity index (χ4v) is 4.91. The summed E-state index contributed by atoms with van der Waals surface area (Å²) in [7, 11) is -3.82. The molecule has 1 saturated carbocycles. The van der Waals surface area contributed by atoms with Crippen molar-refractivity contribution in [2.75, 3.05) is 6.26 Å². The lowest BCUT2D eigenvalue weighted by Gasteiger charge is -2.09. The molecule has 1 aliphatic rings. The second-order valence-electron chi connectivity index (χ2n) is 8.39. The van der Waals surface area contributed by atoms with Crippen LogP contribution in [0.4, 0.5) is 4.39 Å². The third-order valence-electron chi connectivity index (χ3n) is 5.63. The minimum absolute atomic E-state index is 0.0239. The Balaban J connectivity index is 1.37. The zero-order valence-electron chi connectivity index (χ0n) is 18.5. The number of halogens is 2. The van der Waals surface area contributed by atoms with Gasteiger partial charge in [0.15, 0.2) is 9.84 Å². The molecule has 0 radical (unpaired) electrons. The average molecular weight is 512 g/mol. The molecule has 11 heteroatoms. The number of pyridine rings is 2. The number of fused-ring (bicyclic) bond motifs is 1. The Morgan fingerprint density at radius 3 is 2.66 bits per heavy atom. The van der Waals surface area contributed by atoms with Crippen molar-refractivity contribution < 1.29 is 17.6 Å². The molecule has 0 saturated heterocycles. The van der Waals surface area contributed by atoms with Crippen molar-refractivity contribution in [3.8, 4) is 11.4 Å². The van der Waals surface area contributed by atoms with E-state index in [1.807, 2.05) is 12.1 Å². The number of hydrogen-bond acceptors (Lipinski definition) is 7. The van der Waals surface area contributed by atoms with Crippen LogP contribution in [-0.4, -0.2) is 40.5 Å². The minimum atomic E-state index is -3.82. The molecule has 0 atom stereocenters. The van der Waals surface area contributed by atoms with Crippen LogP contribution in [-0.2, 0) is 16.4 Å². The molecule has 0 bridgehead atoms. The molecule has 1 aliphatic carbocycles. The molecule has 5 rings (SSSR count). The predicted octanol–water partition coefficient (Wildman–Crippen LogP) is 4.09. The van der Waals surface area contributed by atoms with Crippen LogP contribution >= 0.6 is 11.6 Å². The maximum atomic E-state index is 14.1. The Hall–Kier alpha value is -3.50. The molecule has 1 fully saturated rings. The molecule has 4 aromatic rings. The number of nitrogens with zero attached hydrogens (tertiary/aromatic N) is 4. The first-order valence-corrected chi connectivity index (χ1v) is 13.0. The van der Waals surface area contributed by atoms with Crippen LogP contribution in [0.15, 0.2) is 53.8 Å². The molecular formula is C24H19ClFN5O3S. The molecule has 1 amide bonds. The summed E-state index contributed by atoms with van der Waals surface area (Å²) in [6, 6.07) is 7.43. The fraction of sp³-hybridized carbons (Fsp3) is 0.208. The molecule has 3 aromatic heterocycles. The minimum Gasteiger partial charge on any atom is -0.346 e. The van der Waals surface area contributed by atoms with E-state index in [1.54, 1.807) is 24.7 Å². The molecule has 1 aromatic carbocycles. The largest absolute Gasteiger partial charge is 0.346 e. The van der Waals surface area contributed by atoms with Gasteiger partial charge in [0.05, 0.1) is 45.3 Å². The Labute approximate surface area is 205 Å². The van der Waals surface area contributed by atoms with E-state index in [4.69, 9.17) is 11.6 Å². The molecule has 35 heavy (non-hydrogen) atoms. The number of sulfone groups is 1. The Morgan fingerprint density at radius 2 is 1.91 bits per heavy atom. The number of carbonyl (C=O) groups is 1. The summed E-state index contributed by atoms with van der Waals surface area (Å²) in [5.74, 6) is -1.18. The van der Waals surface area contributed by atoms with Crippen LogP contribution in [0.3, 0.4) is 0 Å². The van der Waals surface area contributed by atoms with Gasteiger partial charge in [-0.05, 0) is 43.2 Å². The number of aromatic nitrogens is 4. The normalized spacial score (nSPS) is 13.7. The predicted molar refractivity (Wildman–Crippen MR) is 128 cm³/mol. The molecule has 0 spiro atoms. The maximum Gasteiger partial charge on any atom is 0.251 e. The fourth-order valence-electron chi connectivity index (χ4n) is 3.62. The van der Waals surface area contributed by atoms with Gasteiger partial charge in [-0.15, -0.1) is 0 Å². The smallest absolute Gasteiger partial charge is 0.251 e. The van der Waals surface area contributed by atoms with E-state index in [0.717, 1.165) is 42.3 Å². The van der Waals surface area contributed by atoms with E-state index in [2.05, 4.69) is 25.3 Å². The Bertz CT molecular complexity index is 1590. The summed E-state index contributed by atoms with van der Waals surface area (Å²) in [4.78, 5) is 30.1. The van der Waals surface area contributed by atoms with Gasteiger partial charge in [0.1, 0.15) is 11.5 Å². The van der Waals surface area contributed by atoms with Gasteiger partial charge in [-0.2, -0.15) is 0 Å². The van der Waals surface area contributed by atoms with Gasteiger partial charge in [0.2, 0.25) is 0 Å². The van der Waals surface area contributed by atoms with Crippen LogP contribution in [0.25, 0.3) is 22.3 Å². The highest BCUT2D eigenvalue weighted by molar-refractivity contribution is 7.90. The van der Waals surface area contributed by atoms with E-state index in [-0.39, 0.29) is 12.1 Å². The van der Waals surface area contributed by atoms with E-state index < -0.39 is 31.5 Å². The van der Waals surface area contributed by atoms with Gasteiger partial charge >= 0.3 is 0 Å². The van der Waals surface area contributed by atoms with Crippen LogP contribution < -0.4 is 5.32 Å². The number of rotatable bonds is 6. The molecular weight excluding hydrogens is 493 g/mol. The highest BCUT2D eigenvalue weighted by atomic mass is 35.5. The van der Waals surface area contributed by atoms with Gasteiger partial charge in [-0.1, -0.05) is 11.6 Å². The summed E-state index contributed by atoms with van der Waals surface area (Å²) in [6.45, 7) is 0.0239. The molecule has 1 N–H and O–H groups in total. The van der Waals surface area contributed by atoms with Crippen molar-refractivity contribution >= 4 is 38.2 Å². The third kappa shape index (κ3) is 4.98. The summed E-state index contributed by atoms with van der Waals surface area (Å²) in [5.41, 5.74) is 3.36. The number of amides is 1. The number of carbonyl (C=O) groups excluding carboxylic acids is 1. The van der Waals surface area contributed by atoms with Crippen molar-refractivity contribution in [3.63, 3.8) is 0 Å². The SMILES string of the molecule is CS(=O)(=O)c1cc(C(=O)NCc2cc3nc(-c4cncc(C5CC5)n4)ccc3cn2)cc(F)c1Cl. The second-order valence-corrected chi connectivity index (χ2v) is 10.8. The van der Waals surface area contributed by atoms with Crippen molar-refractivity contribution in [1.29, 1.82) is 0 Å². The number of hydrogen-bond donors (Lipinski definition) is 1. The lowest BCUT2D eigenvalue weighted by atomic mass is 10.2. The highest BCUT2D eigenvalue weighted by Gasteiger charge is 2.25. The van der Waals surface area contributed by atoms with Crippen molar-refractivity contribution in [2.24, 2.45) is 0 Å². The lowest BCUT2D eigenvalue weighted by molar-refractivity contribution is 0.0949. The standard InChI is InChI=1S/C24H19ClFN5O3S/c1-35(33,34)22-7-15(6-17(26)23(22)25)24(32)29-10-16-8-19-14(9-28-16)4-5-18(30-19)21-12-27-11-20(31-21)13-2-3-13/h4-9,11-13H,2-3,10H2,1H3,(H,29,32). The maximum absolute atomic E-state index is 14.1. The van der Waals surface area contributed by atoms with Gasteiger partial charge in [0.25, 0.3) is 5.91 Å². The molecule has 0 aliphatic heterocycles. The molecule has 178 valence electrons. The topological polar surface area (TPSA) is 115 Å². The molecule has 0 unspecified atom stereocenters. The van der Waals surface area contributed by atoms with E-state index >= 15 is 0 Å². The van der Waals surface area contributed by atoms with Gasteiger partial charge in [0, 0.05) is 35.5 Å². The van der Waals surface area contributed by atoms with Gasteiger partial charge in [-0.3, -0.25) is 14.8 Å². The summed E-state index contributed by atoms with van der Waals surface area (Å²) < 4.78 is 37.8. The zero-order chi connectivity index (χ0) is 24.7. The summed E-state index contributed by atoms with van der Waals surface area (Å²) >= 11 is 5.76. The van der Waals surface area contributed by atoms with Crippen LogP contribution in [0.2, 0.25) is 5.02 Å². The van der Waals surface area contributed by atoms with Crippen molar-refractivity contribution in [3.05, 3.63) is 76.7 Å².